The van der Waals surface area contributed by atoms with Crippen molar-refractivity contribution in [3.05, 3.63) is 77.9 Å². The zero-order valence-electron chi connectivity index (χ0n) is 15.2. The molecule has 1 saturated heterocycles. The largest absolute Gasteiger partial charge is 0.342 e. The van der Waals surface area contributed by atoms with Crippen LogP contribution >= 0.6 is 0 Å². The van der Waals surface area contributed by atoms with Crippen LogP contribution in [-0.4, -0.2) is 29.8 Å². The molecule has 1 aliphatic rings. The highest BCUT2D eigenvalue weighted by molar-refractivity contribution is 6.12. The first-order valence-electron chi connectivity index (χ1n) is 9.36. The van der Waals surface area contributed by atoms with Crippen molar-refractivity contribution >= 4 is 28.3 Å². The van der Waals surface area contributed by atoms with E-state index in [9.17, 15) is 9.59 Å². The molecule has 136 valence electrons. The summed E-state index contributed by atoms with van der Waals surface area (Å²) in [7, 11) is 0. The summed E-state index contributed by atoms with van der Waals surface area (Å²) >= 11 is 0. The SMILES string of the molecule is O=C(Nc1ccc(CC(=O)N2CCCC2)cc1)c1cccc2ccccc12. The molecule has 0 spiro atoms. The molecule has 0 saturated carbocycles. The number of carbonyl (C=O) groups excluding carboxylic acids is 2. The van der Waals surface area contributed by atoms with Crippen molar-refractivity contribution < 1.29 is 9.59 Å². The van der Waals surface area contributed by atoms with Gasteiger partial charge in [-0.3, -0.25) is 9.59 Å². The van der Waals surface area contributed by atoms with Gasteiger partial charge in [0.25, 0.3) is 5.91 Å². The number of anilines is 1. The Morgan fingerprint density at radius 3 is 2.33 bits per heavy atom. The van der Waals surface area contributed by atoms with Gasteiger partial charge < -0.3 is 10.2 Å². The molecule has 2 amide bonds. The molecule has 4 rings (SSSR count). The van der Waals surface area contributed by atoms with E-state index in [4.69, 9.17) is 0 Å². The predicted octanol–water partition coefficient (Wildman–Crippen LogP) is 4.26. The van der Waals surface area contributed by atoms with Crippen LogP contribution in [0.3, 0.4) is 0 Å². The standard InChI is InChI=1S/C23H22N2O2/c26-22(25-14-3-4-15-25)16-17-10-12-19(13-11-17)24-23(27)21-9-5-7-18-6-1-2-8-20(18)21/h1-2,5-13H,3-4,14-16H2,(H,24,27). The summed E-state index contributed by atoms with van der Waals surface area (Å²) in [5, 5.41) is 4.93. The van der Waals surface area contributed by atoms with Gasteiger partial charge in [0.05, 0.1) is 6.42 Å². The van der Waals surface area contributed by atoms with Crippen molar-refractivity contribution in [1.29, 1.82) is 0 Å². The highest BCUT2D eigenvalue weighted by Crippen LogP contribution is 2.20. The lowest BCUT2D eigenvalue weighted by Gasteiger charge is -2.15. The monoisotopic (exact) mass is 358 g/mol. The zero-order valence-corrected chi connectivity index (χ0v) is 15.2. The third-order valence-electron chi connectivity index (χ3n) is 5.06. The van der Waals surface area contributed by atoms with E-state index in [2.05, 4.69) is 5.32 Å². The Bertz CT molecular complexity index is 968. The Kier molecular flexibility index (Phi) is 4.88. The minimum absolute atomic E-state index is 0.132. The van der Waals surface area contributed by atoms with Gasteiger partial charge in [-0.15, -0.1) is 0 Å². The second kappa shape index (κ2) is 7.62. The maximum atomic E-state index is 12.7. The van der Waals surface area contributed by atoms with Crippen LogP contribution in [0.5, 0.6) is 0 Å². The molecule has 4 heteroatoms. The van der Waals surface area contributed by atoms with E-state index in [1.807, 2.05) is 71.6 Å². The Hall–Kier alpha value is -3.14. The van der Waals surface area contributed by atoms with Gasteiger partial charge in [0.1, 0.15) is 0 Å². The Morgan fingerprint density at radius 2 is 1.56 bits per heavy atom. The molecule has 27 heavy (non-hydrogen) atoms. The fourth-order valence-corrected chi connectivity index (χ4v) is 3.58. The van der Waals surface area contributed by atoms with Crippen LogP contribution in [0.25, 0.3) is 10.8 Å². The van der Waals surface area contributed by atoms with Crippen molar-refractivity contribution in [2.45, 2.75) is 19.3 Å². The summed E-state index contributed by atoms with van der Waals surface area (Å²) in [6.45, 7) is 1.75. The van der Waals surface area contributed by atoms with Gasteiger partial charge in [-0.25, -0.2) is 0 Å². The molecule has 1 N–H and O–H groups in total. The summed E-state index contributed by atoms with van der Waals surface area (Å²) in [5.41, 5.74) is 2.35. The van der Waals surface area contributed by atoms with Crippen molar-refractivity contribution in [2.75, 3.05) is 18.4 Å². The highest BCUT2D eigenvalue weighted by atomic mass is 16.2. The summed E-state index contributed by atoms with van der Waals surface area (Å²) in [6, 6.07) is 21.1. The topological polar surface area (TPSA) is 49.4 Å². The van der Waals surface area contributed by atoms with E-state index in [1.165, 1.54) is 0 Å². The molecule has 1 fully saturated rings. The summed E-state index contributed by atoms with van der Waals surface area (Å²) < 4.78 is 0. The van der Waals surface area contributed by atoms with Gasteiger partial charge in [-0.2, -0.15) is 0 Å². The fraction of sp³-hybridized carbons (Fsp3) is 0.217. The number of fused-ring (bicyclic) bond motifs is 1. The number of benzene rings is 3. The smallest absolute Gasteiger partial charge is 0.256 e. The molecular weight excluding hydrogens is 336 g/mol. The van der Waals surface area contributed by atoms with Gasteiger partial charge in [0.15, 0.2) is 0 Å². The van der Waals surface area contributed by atoms with Crippen molar-refractivity contribution in [1.82, 2.24) is 4.90 Å². The van der Waals surface area contributed by atoms with E-state index in [0.29, 0.717) is 12.0 Å². The molecule has 3 aromatic rings. The number of rotatable bonds is 4. The number of carbonyl (C=O) groups is 2. The van der Waals surface area contributed by atoms with Crippen LogP contribution in [0.1, 0.15) is 28.8 Å². The van der Waals surface area contributed by atoms with Crippen LogP contribution < -0.4 is 5.32 Å². The highest BCUT2D eigenvalue weighted by Gasteiger charge is 2.18. The number of likely N-dealkylation sites (tertiary alicyclic amines) is 1. The Balaban J connectivity index is 1.45. The second-order valence-corrected chi connectivity index (χ2v) is 6.94. The minimum Gasteiger partial charge on any atom is -0.342 e. The molecular formula is C23H22N2O2. The molecule has 0 aliphatic carbocycles. The third kappa shape index (κ3) is 3.85. The lowest BCUT2D eigenvalue weighted by Crippen LogP contribution is -2.29. The van der Waals surface area contributed by atoms with Gasteiger partial charge in [0, 0.05) is 24.3 Å². The Labute approximate surface area is 158 Å². The average molecular weight is 358 g/mol. The van der Waals surface area contributed by atoms with Crippen LogP contribution in [0.2, 0.25) is 0 Å². The average Bonchev–Trinajstić information content (AvgIpc) is 3.24. The summed E-state index contributed by atoms with van der Waals surface area (Å²) in [4.78, 5) is 26.9. The molecule has 0 atom stereocenters. The number of nitrogens with zero attached hydrogens (tertiary/aromatic N) is 1. The van der Waals surface area contributed by atoms with Crippen molar-refractivity contribution in [2.24, 2.45) is 0 Å². The molecule has 4 nitrogen and oxygen atoms in total. The normalized spacial score (nSPS) is 13.7. The molecule has 0 bridgehead atoms. The van der Waals surface area contributed by atoms with Gasteiger partial charge in [-0.05, 0) is 47.4 Å². The van der Waals surface area contributed by atoms with E-state index in [1.54, 1.807) is 0 Å². The molecule has 0 radical (unpaired) electrons. The number of nitrogens with one attached hydrogen (secondary N) is 1. The van der Waals surface area contributed by atoms with Gasteiger partial charge in [-0.1, -0.05) is 48.5 Å². The van der Waals surface area contributed by atoms with Crippen LogP contribution in [0.15, 0.2) is 66.7 Å². The maximum Gasteiger partial charge on any atom is 0.256 e. The van der Waals surface area contributed by atoms with E-state index in [0.717, 1.165) is 48.0 Å². The van der Waals surface area contributed by atoms with Gasteiger partial charge >= 0.3 is 0 Å². The van der Waals surface area contributed by atoms with Crippen molar-refractivity contribution in [3.8, 4) is 0 Å². The van der Waals surface area contributed by atoms with E-state index in [-0.39, 0.29) is 11.8 Å². The first-order valence-corrected chi connectivity index (χ1v) is 9.36. The zero-order chi connectivity index (χ0) is 18.6. The molecule has 1 aliphatic heterocycles. The summed E-state index contributed by atoms with van der Waals surface area (Å²) in [6.07, 6.45) is 2.62. The second-order valence-electron chi connectivity index (χ2n) is 6.94. The molecule has 1 heterocycles. The van der Waals surface area contributed by atoms with E-state index < -0.39 is 0 Å². The summed E-state index contributed by atoms with van der Waals surface area (Å²) in [5.74, 6) is 0.0488. The van der Waals surface area contributed by atoms with E-state index >= 15 is 0 Å². The molecule has 0 aromatic heterocycles. The van der Waals surface area contributed by atoms with Crippen LogP contribution in [0, 0.1) is 0 Å². The van der Waals surface area contributed by atoms with Crippen LogP contribution in [0.4, 0.5) is 5.69 Å². The lowest BCUT2D eigenvalue weighted by molar-refractivity contribution is -0.129. The number of amides is 2. The Morgan fingerprint density at radius 1 is 0.852 bits per heavy atom. The van der Waals surface area contributed by atoms with Crippen molar-refractivity contribution in [3.63, 3.8) is 0 Å². The predicted molar refractivity (Wildman–Crippen MR) is 108 cm³/mol. The first kappa shape index (κ1) is 17.3. The van der Waals surface area contributed by atoms with Gasteiger partial charge in [0.2, 0.25) is 5.91 Å². The van der Waals surface area contributed by atoms with Crippen LogP contribution in [-0.2, 0) is 11.2 Å². The maximum absolute atomic E-state index is 12.7. The third-order valence-corrected chi connectivity index (χ3v) is 5.06. The number of hydrogen-bond donors (Lipinski definition) is 1. The molecule has 3 aromatic carbocycles. The molecule has 0 unspecified atom stereocenters. The fourth-order valence-electron chi connectivity index (χ4n) is 3.58. The quantitative estimate of drug-likeness (QED) is 0.758. The minimum atomic E-state index is -0.132. The lowest BCUT2D eigenvalue weighted by atomic mass is 10.0. The number of hydrogen-bond acceptors (Lipinski definition) is 2. The first-order chi connectivity index (χ1) is 13.2.